The Labute approximate surface area is 118 Å². The highest BCUT2D eigenvalue weighted by atomic mass is 16.5. The first kappa shape index (κ1) is 16.4. The van der Waals surface area contributed by atoms with Crippen LogP contribution in [0.1, 0.15) is 26.7 Å². The SMILES string of the molecule is CC(C)C(=O)N1CCC(NC(=O)COCC(=O)O)CC1. The molecular formula is C13H22N2O5. The molecule has 114 valence electrons. The number of aliphatic carboxylic acids is 1. The van der Waals surface area contributed by atoms with Gasteiger partial charge in [0.05, 0.1) is 0 Å². The predicted octanol–water partition coefficient (Wildman–Crippen LogP) is -0.149. The van der Waals surface area contributed by atoms with Crippen LogP contribution in [0.3, 0.4) is 0 Å². The molecule has 0 unspecified atom stereocenters. The maximum absolute atomic E-state index is 11.8. The molecule has 0 spiro atoms. The molecule has 0 saturated carbocycles. The summed E-state index contributed by atoms with van der Waals surface area (Å²) in [5.41, 5.74) is 0. The zero-order valence-corrected chi connectivity index (χ0v) is 11.9. The van der Waals surface area contributed by atoms with Crippen molar-refractivity contribution in [1.82, 2.24) is 10.2 Å². The standard InChI is InChI=1S/C13H22N2O5/c1-9(2)13(19)15-5-3-10(4-6-15)14-11(16)7-20-8-12(17)18/h9-10H,3-8H2,1-2H3,(H,14,16)(H,17,18). The molecule has 0 bridgehead atoms. The normalized spacial score (nSPS) is 16.2. The van der Waals surface area contributed by atoms with Crippen LogP contribution in [0.4, 0.5) is 0 Å². The number of hydrogen-bond donors (Lipinski definition) is 2. The summed E-state index contributed by atoms with van der Waals surface area (Å²) in [5.74, 6) is -1.29. The molecule has 20 heavy (non-hydrogen) atoms. The number of carboxylic acids is 1. The first-order valence-electron chi connectivity index (χ1n) is 6.78. The van der Waals surface area contributed by atoms with E-state index in [2.05, 4.69) is 5.32 Å². The number of carboxylic acid groups (broad SMARTS) is 1. The lowest BCUT2D eigenvalue weighted by atomic mass is 10.0. The second-order valence-corrected chi connectivity index (χ2v) is 5.21. The van der Waals surface area contributed by atoms with Crippen molar-refractivity contribution in [2.45, 2.75) is 32.7 Å². The van der Waals surface area contributed by atoms with Gasteiger partial charge in [-0.15, -0.1) is 0 Å². The van der Waals surface area contributed by atoms with Gasteiger partial charge in [-0.05, 0) is 12.8 Å². The minimum Gasteiger partial charge on any atom is -0.480 e. The summed E-state index contributed by atoms with van der Waals surface area (Å²) >= 11 is 0. The van der Waals surface area contributed by atoms with Gasteiger partial charge in [-0.1, -0.05) is 13.8 Å². The van der Waals surface area contributed by atoms with Crippen LogP contribution in [-0.2, 0) is 19.1 Å². The molecule has 1 aliphatic heterocycles. The number of rotatable bonds is 6. The Morgan fingerprint density at radius 2 is 1.85 bits per heavy atom. The Kier molecular flexibility index (Phi) is 6.44. The van der Waals surface area contributed by atoms with Crippen LogP contribution in [0, 0.1) is 5.92 Å². The fourth-order valence-corrected chi connectivity index (χ4v) is 2.11. The number of nitrogens with one attached hydrogen (secondary N) is 1. The molecule has 7 nitrogen and oxygen atoms in total. The molecule has 0 atom stereocenters. The monoisotopic (exact) mass is 286 g/mol. The van der Waals surface area contributed by atoms with Crippen LogP contribution in [0.2, 0.25) is 0 Å². The molecule has 0 aromatic carbocycles. The summed E-state index contributed by atoms with van der Waals surface area (Å²) in [6.07, 6.45) is 1.42. The molecule has 1 heterocycles. The topological polar surface area (TPSA) is 95.9 Å². The fourth-order valence-electron chi connectivity index (χ4n) is 2.11. The molecule has 1 rings (SSSR count). The van der Waals surface area contributed by atoms with E-state index in [9.17, 15) is 14.4 Å². The third kappa shape index (κ3) is 5.56. The van der Waals surface area contributed by atoms with Crippen molar-refractivity contribution < 1.29 is 24.2 Å². The van der Waals surface area contributed by atoms with Gasteiger partial charge in [0, 0.05) is 25.0 Å². The molecule has 1 aliphatic rings. The minimum absolute atomic E-state index is 0.00874. The maximum Gasteiger partial charge on any atom is 0.329 e. The van der Waals surface area contributed by atoms with E-state index in [0.717, 1.165) is 0 Å². The number of nitrogens with zero attached hydrogens (tertiary/aromatic N) is 1. The van der Waals surface area contributed by atoms with E-state index in [1.165, 1.54) is 0 Å². The highest BCUT2D eigenvalue weighted by Gasteiger charge is 2.24. The Hall–Kier alpha value is -1.63. The summed E-state index contributed by atoms with van der Waals surface area (Å²) < 4.78 is 4.71. The third-order valence-corrected chi connectivity index (χ3v) is 3.12. The van der Waals surface area contributed by atoms with Crippen LogP contribution in [0.15, 0.2) is 0 Å². The van der Waals surface area contributed by atoms with Gasteiger partial charge in [-0.2, -0.15) is 0 Å². The lowest BCUT2D eigenvalue weighted by Crippen LogP contribution is -2.48. The molecule has 0 radical (unpaired) electrons. The van der Waals surface area contributed by atoms with Crippen molar-refractivity contribution in [2.24, 2.45) is 5.92 Å². The van der Waals surface area contributed by atoms with Crippen molar-refractivity contribution in [3.63, 3.8) is 0 Å². The molecule has 1 saturated heterocycles. The summed E-state index contributed by atoms with van der Waals surface area (Å²) in [6, 6.07) is 0.0205. The van der Waals surface area contributed by atoms with E-state index in [0.29, 0.717) is 25.9 Å². The average Bonchev–Trinajstić information content (AvgIpc) is 2.38. The predicted molar refractivity (Wildman–Crippen MR) is 71.0 cm³/mol. The lowest BCUT2D eigenvalue weighted by molar-refractivity contribution is -0.143. The Balaban J connectivity index is 2.23. The highest BCUT2D eigenvalue weighted by molar-refractivity contribution is 5.79. The third-order valence-electron chi connectivity index (χ3n) is 3.12. The van der Waals surface area contributed by atoms with Gasteiger partial charge in [-0.3, -0.25) is 9.59 Å². The minimum atomic E-state index is -1.10. The van der Waals surface area contributed by atoms with Crippen molar-refractivity contribution in [2.75, 3.05) is 26.3 Å². The maximum atomic E-state index is 11.8. The number of piperidine rings is 1. The van der Waals surface area contributed by atoms with E-state index in [1.807, 2.05) is 18.7 Å². The second-order valence-electron chi connectivity index (χ2n) is 5.21. The van der Waals surface area contributed by atoms with Crippen molar-refractivity contribution >= 4 is 17.8 Å². The van der Waals surface area contributed by atoms with Crippen molar-refractivity contribution in [1.29, 1.82) is 0 Å². The molecule has 1 fully saturated rings. The van der Waals surface area contributed by atoms with Crippen LogP contribution in [0.5, 0.6) is 0 Å². The van der Waals surface area contributed by atoms with E-state index in [1.54, 1.807) is 0 Å². The highest BCUT2D eigenvalue weighted by Crippen LogP contribution is 2.13. The summed E-state index contributed by atoms with van der Waals surface area (Å²) in [6.45, 7) is 4.29. The number of amides is 2. The van der Waals surface area contributed by atoms with E-state index in [-0.39, 0.29) is 30.4 Å². The number of likely N-dealkylation sites (tertiary alicyclic amines) is 1. The van der Waals surface area contributed by atoms with Gasteiger partial charge in [0.2, 0.25) is 11.8 Å². The van der Waals surface area contributed by atoms with Gasteiger partial charge < -0.3 is 20.1 Å². The van der Waals surface area contributed by atoms with Gasteiger partial charge >= 0.3 is 5.97 Å². The van der Waals surface area contributed by atoms with E-state index < -0.39 is 12.6 Å². The smallest absolute Gasteiger partial charge is 0.329 e. The quantitative estimate of drug-likeness (QED) is 0.708. The van der Waals surface area contributed by atoms with Gasteiger partial charge in [0.1, 0.15) is 13.2 Å². The van der Waals surface area contributed by atoms with E-state index in [4.69, 9.17) is 9.84 Å². The Morgan fingerprint density at radius 3 is 2.35 bits per heavy atom. The molecule has 0 aromatic rings. The van der Waals surface area contributed by atoms with Crippen LogP contribution in [-0.4, -0.2) is 60.1 Å². The number of hydrogen-bond acceptors (Lipinski definition) is 4. The Morgan fingerprint density at radius 1 is 1.25 bits per heavy atom. The fraction of sp³-hybridized carbons (Fsp3) is 0.769. The molecule has 7 heteroatoms. The van der Waals surface area contributed by atoms with Crippen molar-refractivity contribution in [3.05, 3.63) is 0 Å². The number of ether oxygens (including phenoxy) is 1. The molecule has 0 aromatic heterocycles. The van der Waals surface area contributed by atoms with E-state index >= 15 is 0 Å². The molecule has 2 amide bonds. The lowest BCUT2D eigenvalue weighted by Gasteiger charge is -2.33. The second kappa shape index (κ2) is 7.84. The van der Waals surface area contributed by atoms with Crippen LogP contribution < -0.4 is 5.32 Å². The molecular weight excluding hydrogens is 264 g/mol. The zero-order valence-electron chi connectivity index (χ0n) is 11.9. The largest absolute Gasteiger partial charge is 0.480 e. The van der Waals surface area contributed by atoms with Crippen LogP contribution in [0.25, 0.3) is 0 Å². The zero-order chi connectivity index (χ0) is 15.1. The van der Waals surface area contributed by atoms with Gasteiger partial charge in [0.25, 0.3) is 0 Å². The summed E-state index contributed by atoms with van der Waals surface area (Å²) in [4.78, 5) is 35.3. The van der Waals surface area contributed by atoms with Crippen molar-refractivity contribution in [3.8, 4) is 0 Å². The summed E-state index contributed by atoms with van der Waals surface area (Å²) in [5, 5.41) is 11.2. The molecule has 2 N–H and O–H groups in total. The first-order valence-corrected chi connectivity index (χ1v) is 6.78. The number of carbonyl (C=O) groups excluding carboxylic acids is 2. The van der Waals surface area contributed by atoms with Gasteiger partial charge in [0.15, 0.2) is 0 Å². The summed E-state index contributed by atoms with van der Waals surface area (Å²) in [7, 11) is 0. The van der Waals surface area contributed by atoms with Gasteiger partial charge in [-0.25, -0.2) is 4.79 Å². The first-order chi connectivity index (χ1) is 9.40. The van der Waals surface area contributed by atoms with Crippen LogP contribution >= 0.6 is 0 Å². The number of carbonyl (C=O) groups is 3. The molecule has 0 aliphatic carbocycles. The average molecular weight is 286 g/mol. The Bertz CT molecular complexity index is 362.